The van der Waals surface area contributed by atoms with Gasteiger partial charge in [-0.1, -0.05) is 48.9 Å². The number of halogens is 1. The largest absolute Gasteiger partial charge is 0.489 e. The van der Waals surface area contributed by atoms with Crippen LogP contribution in [0.4, 0.5) is 11.4 Å². The molecule has 2 N–H and O–H groups in total. The lowest BCUT2D eigenvalue weighted by atomic mass is 10.1. The number of carbonyl (C=O) groups excluding carboxylic acids is 2. The van der Waals surface area contributed by atoms with E-state index >= 15 is 0 Å². The van der Waals surface area contributed by atoms with Crippen LogP contribution in [0, 0.1) is 5.92 Å². The van der Waals surface area contributed by atoms with Gasteiger partial charge in [0.2, 0.25) is 11.8 Å². The molecule has 0 unspecified atom stereocenters. The molecule has 1 atom stereocenters. The number of anilines is 2. The predicted octanol–water partition coefficient (Wildman–Crippen LogP) is 4.98. The lowest BCUT2D eigenvalue weighted by Gasteiger charge is -2.17. The molecule has 3 aromatic carbocycles. The van der Waals surface area contributed by atoms with Crippen LogP contribution in [0.5, 0.6) is 5.75 Å². The van der Waals surface area contributed by atoms with E-state index in [0.717, 1.165) is 17.7 Å². The van der Waals surface area contributed by atoms with Crippen molar-refractivity contribution in [3.8, 4) is 5.75 Å². The average Bonchev–Trinajstić information content (AvgIpc) is 3.24. The maximum atomic E-state index is 12.7. The summed E-state index contributed by atoms with van der Waals surface area (Å²) in [6.45, 7) is 2.86. The van der Waals surface area contributed by atoms with Gasteiger partial charge in [-0.25, -0.2) is 0 Å². The summed E-state index contributed by atoms with van der Waals surface area (Å²) in [5.74, 6) is -0.0114. The van der Waals surface area contributed by atoms with E-state index in [9.17, 15) is 9.59 Å². The fourth-order valence-electron chi connectivity index (χ4n) is 3.69. The molecule has 33 heavy (non-hydrogen) atoms. The Morgan fingerprint density at radius 2 is 1.79 bits per heavy atom. The van der Waals surface area contributed by atoms with Crippen molar-refractivity contribution in [1.82, 2.24) is 5.43 Å². The van der Waals surface area contributed by atoms with Crippen LogP contribution in [0.2, 0.25) is 5.02 Å². The number of nitrogens with one attached hydrogen (secondary N) is 2. The van der Waals surface area contributed by atoms with Crippen LogP contribution in [0.3, 0.4) is 0 Å². The summed E-state index contributed by atoms with van der Waals surface area (Å²) in [6, 6.07) is 22.7. The Kier molecular flexibility index (Phi) is 7.15. The SMILES string of the molecule is CCc1ccc(N2C[C@@H](C(=O)NNc3cccc(OCc4ccc(Cl)cc4)c3)CC2=O)cc1. The van der Waals surface area contributed by atoms with Crippen molar-refractivity contribution >= 4 is 34.8 Å². The Labute approximate surface area is 198 Å². The lowest BCUT2D eigenvalue weighted by Crippen LogP contribution is -2.36. The van der Waals surface area contributed by atoms with Gasteiger partial charge in [0.1, 0.15) is 12.4 Å². The average molecular weight is 464 g/mol. The van der Waals surface area contributed by atoms with Crippen LogP contribution >= 0.6 is 11.6 Å². The van der Waals surface area contributed by atoms with Crippen molar-refractivity contribution in [2.45, 2.75) is 26.4 Å². The topological polar surface area (TPSA) is 70.7 Å². The Morgan fingerprint density at radius 3 is 2.52 bits per heavy atom. The number of nitrogens with zero attached hydrogens (tertiary/aromatic N) is 1. The second-order valence-electron chi connectivity index (χ2n) is 7.98. The molecule has 4 rings (SSSR count). The summed E-state index contributed by atoms with van der Waals surface area (Å²) < 4.78 is 5.83. The van der Waals surface area contributed by atoms with Crippen molar-refractivity contribution in [1.29, 1.82) is 0 Å². The van der Waals surface area contributed by atoms with Gasteiger partial charge in [-0.3, -0.25) is 20.4 Å². The van der Waals surface area contributed by atoms with Gasteiger partial charge in [0, 0.05) is 29.7 Å². The smallest absolute Gasteiger partial charge is 0.243 e. The first-order valence-corrected chi connectivity index (χ1v) is 11.3. The van der Waals surface area contributed by atoms with Gasteiger partial charge >= 0.3 is 0 Å². The van der Waals surface area contributed by atoms with Crippen molar-refractivity contribution in [3.63, 3.8) is 0 Å². The van der Waals surface area contributed by atoms with E-state index in [1.807, 2.05) is 66.7 Å². The number of benzene rings is 3. The zero-order valence-corrected chi connectivity index (χ0v) is 19.1. The van der Waals surface area contributed by atoms with Crippen molar-refractivity contribution in [2.75, 3.05) is 16.9 Å². The standard InChI is InChI=1S/C26H26ClN3O3/c1-2-18-8-12-23(13-9-18)30-16-20(14-25(30)31)26(32)29-28-22-4-3-5-24(15-22)33-17-19-6-10-21(27)11-7-19/h3-13,15,20,28H,2,14,16-17H2,1H3,(H,29,32)/t20-/m0/s1. The molecule has 6 nitrogen and oxygen atoms in total. The summed E-state index contributed by atoms with van der Waals surface area (Å²) in [5.41, 5.74) is 9.38. The summed E-state index contributed by atoms with van der Waals surface area (Å²) in [7, 11) is 0. The number of rotatable bonds is 8. The van der Waals surface area contributed by atoms with Crippen molar-refractivity contribution in [3.05, 3.63) is 88.9 Å². The van der Waals surface area contributed by atoms with Gasteiger partial charge in [0.15, 0.2) is 0 Å². The fraction of sp³-hybridized carbons (Fsp3) is 0.231. The number of hydrogen-bond donors (Lipinski definition) is 2. The fourth-order valence-corrected chi connectivity index (χ4v) is 3.82. The third-order valence-corrected chi connectivity index (χ3v) is 5.89. The molecular weight excluding hydrogens is 438 g/mol. The molecule has 0 bridgehead atoms. The molecule has 1 aliphatic rings. The van der Waals surface area contributed by atoms with Gasteiger partial charge in [0.05, 0.1) is 11.6 Å². The van der Waals surface area contributed by atoms with Gasteiger partial charge in [-0.05, 0) is 53.9 Å². The molecule has 0 spiro atoms. The molecule has 170 valence electrons. The van der Waals surface area contributed by atoms with E-state index in [-0.39, 0.29) is 18.2 Å². The van der Waals surface area contributed by atoms with Crippen molar-refractivity contribution < 1.29 is 14.3 Å². The first kappa shape index (κ1) is 22.7. The van der Waals surface area contributed by atoms with E-state index in [0.29, 0.717) is 29.6 Å². The second-order valence-corrected chi connectivity index (χ2v) is 8.42. The maximum absolute atomic E-state index is 12.7. The molecule has 0 aliphatic carbocycles. The summed E-state index contributed by atoms with van der Waals surface area (Å²) in [6.07, 6.45) is 1.13. The summed E-state index contributed by atoms with van der Waals surface area (Å²) in [5, 5.41) is 0.683. The van der Waals surface area contributed by atoms with Crippen LogP contribution in [-0.4, -0.2) is 18.4 Å². The van der Waals surface area contributed by atoms with Gasteiger partial charge in [0.25, 0.3) is 0 Å². The first-order valence-electron chi connectivity index (χ1n) is 10.9. The van der Waals surface area contributed by atoms with Crippen LogP contribution in [0.1, 0.15) is 24.5 Å². The Morgan fingerprint density at radius 1 is 1.06 bits per heavy atom. The minimum atomic E-state index is -0.416. The number of hydrazine groups is 1. The highest BCUT2D eigenvalue weighted by molar-refractivity contribution is 6.30. The minimum absolute atomic E-state index is 0.0444. The van der Waals surface area contributed by atoms with E-state index in [4.69, 9.17) is 16.3 Å². The van der Waals surface area contributed by atoms with Gasteiger partial charge in [-0.2, -0.15) is 0 Å². The number of hydrogen-bond acceptors (Lipinski definition) is 4. The number of amides is 2. The van der Waals surface area contributed by atoms with E-state index < -0.39 is 5.92 Å². The van der Waals surface area contributed by atoms with Crippen LogP contribution in [-0.2, 0) is 22.6 Å². The summed E-state index contributed by atoms with van der Waals surface area (Å²) in [4.78, 5) is 26.8. The van der Waals surface area contributed by atoms with Crippen molar-refractivity contribution in [2.24, 2.45) is 5.92 Å². The molecule has 1 saturated heterocycles. The Balaban J connectivity index is 1.30. The highest BCUT2D eigenvalue weighted by Crippen LogP contribution is 2.26. The first-order chi connectivity index (χ1) is 16.0. The quantitative estimate of drug-likeness (QED) is 0.462. The molecule has 0 radical (unpaired) electrons. The number of carbonyl (C=O) groups is 2. The monoisotopic (exact) mass is 463 g/mol. The molecule has 3 aromatic rings. The third-order valence-electron chi connectivity index (χ3n) is 5.63. The molecule has 1 aliphatic heterocycles. The molecule has 1 heterocycles. The number of ether oxygens (including phenoxy) is 1. The number of aryl methyl sites for hydroxylation is 1. The lowest BCUT2D eigenvalue weighted by molar-refractivity contribution is -0.125. The maximum Gasteiger partial charge on any atom is 0.243 e. The second kappa shape index (κ2) is 10.4. The van der Waals surface area contributed by atoms with Crippen LogP contribution in [0.15, 0.2) is 72.8 Å². The zero-order valence-electron chi connectivity index (χ0n) is 18.4. The van der Waals surface area contributed by atoms with Crippen LogP contribution < -0.4 is 20.5 Å². The Bertz CT molecular complexity index is 1120. The van der Waals surface area contributed by atoms with E-state index in [1.54, 1.807) is 11.0 Å². The Hall–Kier alpha value is -3.51. The summed E-state index contributed by atoms with van der Waals surface area (Å²) >= 11 is 5.91. The normalized spacial score (nSPS) is 15.4. The minimum Gasteiger partial charge on any atom is -0.489 e. The zero-order chi connectivity index (χ0) is 23.2. The van der Waals surface area contributed by atoms with E-state index in [2.05, 4.69) is 17.8 Å². The molecule has 0 saturated carbocycles. The van der Waals surface area contributed by atoms with Gasteiger partial charge in [-0.15, -0.1) is 0 Å². The van der Waals surface area contributed by atoms with Gasteiger partial charge < -0.3 is 9.64 Å². The predicted molar refractivity (Wildman–Crippen MR) is 130 cm³/mol. The molecule has 7 heteroatoms. The highest BCUT2D eigenvalue weighted by atomic mass is 35.5. The van der Waals surface area contributed by atoms with E-state index in [1.165, 1.54) is 5.56 Å². The van der Waals surface area contributed by atoms with Crippen LogP contribution in [0.25, 0.3) is 0 Å². The molecule has 0 aromatic heterocycles. The third kappa shape index (κ3) is 5.84. The highest BCUT2D eigenvalue weighted by Gasteiger charge is 2.35. The molecule has 2 amide bonds. The molecular formula is C26H26ClN3O3. The molecule has 1 fully saturated rings.